The van der Waals surface area contributed by atoms with Gasteiger partial charge in [0.15, 0.2) is 5.58 Å². The Kier molecular flexibility index (Phi) is 4.73. The topological polar surface area (TPSA) is 90.8 Å². The first-order valence-electron chi connectivity index (χ1n) is 9.40. The van der Waals surface area contributed by atoms with Crippen molar-refractivity contribution >= 4 is 22.5 Å². The number of rotatable bonds is 6. The Hall–Kier alpha value is -2.61. The van der Waals surface area contributed by atoms with E-state index in [4.69, 9.17) is 9.15 Å². The average molecular weight is 372 g/mol. The summed E-state index contributed by atoms with van der Waals surface area (Å²) in [5.41, 5.74) is 1.90. The van der Waals surface area contributed by atoms with Crippen LogP contribution in [0.15, 0.2) is 21.3 Å². The van der Waals surface area contributed by atoms with E-state index in [9.17, 15) is 9.59 Å². The van der Waals surface area contributed by atoms with Gasteiger partial charge in [-0.05, 0) is 33.1 Å². The third-order valence-electron chi connectivity index (χ3n) is 4.98. The van der Waals surface area contributed by atoms with E-state index in [0.29, 0.717) is 42.9 Å². The summed E-state index contributed by atoms with van der Waals surface area (Å²) >= 11 is 0. The van der Waals surface area contributed by atoms with Gasteiger partial charge in [0.25, 0.3) is 5.56 Å². The van der Waals surface area contributed by atoms with Crippen molar-refractivity contribution in [2.24, 2.45) is 0 Å². The molecule has 1 amide bonds. The molecule has 0 radical (unpaired) electrons. The van der Waals surface area contributed by atoms with Crippen LogP contribution in [0, 0.1) is 13.8 Å². The van der Waals surface area contributed by atoms with E-state index in [2.05, 4.69) is 10.4 Å². The summed E-state index contributed by atoms with van der Waals surface area (Å²) in [7, 11) is 0. The highest BCUT2D eigenvalue weighted by molar-refractivity contribution is 5.83. The number of aryl methyl sites for hydroxylation is 3. The maximum atomic E-state index is 12.7. The SMILES string of the molecule is Cc1cc2c(cc3c(=O)n(CCCC(=O)NC[C@@H]4CCCO4)nc(C)n32)o1. The van der Waals surface area contributed by atoms with Gasteiger partial charge in [0.1, 0.15) is 17.1 Å². The summed E-state index contributed by atoms with van der Waals surface area (Å²) in [5, 5.41) is 7.31. The van der Waals surface area contributed by atoms with Gasteiger partial charge in [-0.15, -0.1) is 0 Å². The number of fused-ring (bicyclic) bond motifs is 3. The van der Waals surface area contributed by atoms with Crippen molar-refractivity contribution in [3.8, 4) is 0 Å². The third kappa shape index (κ3) is 3.49. The minimum Gasteiger partial charge on any atom is -0.460 e. The van der Waals surface area contributed by atoms with Crippen molar-refractivity contribution < 1.29 is 13.9 Å². The molecule has 3 aromatic heterocycles. The molecule has 1 aliphatic rings. The Morgan fingerprint density at radius 1 is 1.33 bits per heavy atom. The fourth-order valence-corrected chi connectivity index (χ4v) is 3.68. The second kappa shape index (κ2) is 7.19. The molecular weight excluding hydrogens is 348 g/mol. The summed E-state index contributed by atoms with van der Waals surface area (Å²) in [6.45, 7) is 5.47. The summed E-state index contributed by atoms with van der Waals surface area (Å²) in [6, 6.07) is 3.66. The Morgan fingerprint density at radius 2 is 2.19 bits per heavy atom. The maximum Gasteiger partial charge on any atom is 0.291 e. The number of furan rings is 1. The fraction of sp³-hybridized carbons (Fsp3) is 0.526. The molecule has 0 aromatic carbocycles. The number of nitrogens with one attached hydrogen (secondary N) is 1. The number of ether oxygens (including phenoxy) is 1. The molecule has 0 saturated carbocycles. The first-order chi connectivity index (χ1) is 13.0. The third-order valence-corrected chi connectivity index (χ3v) is 4.98. The van der Waals surface area contributed by atoms with Crippen LogP contribution in [0.2, 0.25) is 0 Å². The lowest BCUT2D eigenvalue weighted by Crippen LogP contribution is -2.32. The molecule has 8 nitrogen and oxygen atoms in total. The quantitative estimate of drug-likeness (QED) is 0.714. The van der Waals surface area contributed by atoms with Gasteiger partial charge in [0.05, 0.1) is 11.6 Å². The number of nitrogens with zero attached hydrogens (tertiary/aromatic N) is 3. The number of amides is 1. The van der Waals surface area contributed by atoms with E-state index in [0.717, 1.165) is 30.7 Å². The first kappa shape index (κ1) is 17.8. The predicted molar refractivity (Wildman–Crippen MR) is 99.9 cm³/mol. The lowest BCUT2D eigenvalue weighted by Gasteiger charge is -2.11. The molecule has 1 saturated heterocycles. The summed E-state index contributed by atoms with van der Waals surface area (Å²) in [4.78, 5) is 24.7. The Labute approximate surface area is 156 Å². The molecule has 1 fully saturated rings. The van der Waals surface area contributed by atoms with Crippen LogP contribution in [0.4, 0.5) is 0 Å². The highest BCUT2D eigenvalue weighted by Gasteiger charge is 2.17. The van der Waals surface area contributed by atoms with Crippen LogP contribution >= 0.6 is 0 Å². The van der Waals surface area contributed by atoms with E-state index in [-0.39, 0.29) is 17.6 Å². The van der Waals surface area contributed by atoms with Crippen LogP contribution in [0.3, 0.4) is 0 Å². The van der Waals surface area contributed by atoms with Crippen LogP contribution in [0.5, 0.6) is 0 Å². The van der Waals surface area contributed by atoms with E-state index in [1.54, 1.807) is 6.07 Å². The molecular formula is C19H24N4O4. The summed E-state index contributed by atoms with van der Waals surface area (Å²) in [6.07, 6.45) is 3.10. The molecule has 144 valence electrons. The lowest BCUT2D eigenvalue weighted by molar-refractivity contribution is -0.121. The van der Waals surface area contributed by atoms with Gasteiger partial charge in [0.2, 0.25) is 5.91 Å². The van der Waals surface area contributed by atoms with E-state index in [1.165, 1.54) is 4.68 Å². The van der Waals surface area contributed by atoms with E-state index < -0.39 is 0 Å². The summed E-state index contributed by atoms with van der Waals surface area (Å²) < 4.78 is 14.4. The van der Waals surface area contributed by atoms with Crippen molar-refractivity contribution in [3.05, 3.63) is 34.1 Å². The molecule has 3 aromatic rings. The molecule has 4 rings (SSSR count). The molecule has 4 heterocycles. The largest absolute Gasteiger partial charge is 0.460 e. The van der Waals surface area contributed by atoms with Crippen molar-refractivity contribution in [2.75, 3.05) is 13.2 Å². The van der Waals surface area contributed by atoms with Crippen LogP contribution in [-0.4, -0.2) is 39.3 Å². The van der Waals surface area contributed by atoms with Gasteiger partial charge in [-0.25, -0.2) is 4.68 Å². The second-order valence-corrected chi connectivity index (χ2v) is 7.09. The predicted octanol–water partition coefficient (Wildman–Crippen LogP) is 1.93. The van der Waals surface area contributed by atoms with Crippen LogP contribution in [-0.2, 0) is 16.1 Å². The number of carbonyl (C=O) groups excluding carboxylic acids is 1. The normalized spacial score (nSPS) is 17.2. The minimum absolute atomic E-state index is 0.0213. The van der Waals surface area contributed by atoms with Gasteiger partial charge in [-0.1, -0.05) is 0 Å². The Morgan fingerprint density at radius 3 is 2.96 bits per heavy atom. The zero-order valence-electron chi connectivity index (χ0n) is 15.7. The Bertz CT molecular complexity index is 1040. The maximum absolute atomic E-state index is 12.7. The van der Waals surface area contributed by atoms with Crippen molar-refractivity contribution in [2.45, 2.75) is 52.2 Å². The fourth-order valence-electron chi connectivity index (χ4n) is 3.68. The highest BCUT2D eigenvalue weighted by Crippen LogP contribution is 2.22. The van der Waals surface area contributed by atoms with Crippen molar-refractivity contribution in [1.29, 1.82) is 0 Å². The molecule has 1 atom stereocenters. The molecule has 0 bridgehead atoms. The monoisotopic (exact) mass is 372 g/mol. The molecule has 1 N–H and O–H groups in total. The van der Waals surface area contributed by atoms with Crippen molar-refractivity contribution in [1.82, 2.24) is 19.5 Å². The average Bonchev–Trinajstić information content (AvgIpc) is 3.33. The molecule has 0 aliphatic carbocycles. The molecule has 8 heteroatoms. The number of aromatic nitrogens is 3. The van der Waals surface area contributed by atoms with Crippen LogP contribution in [0.25, 0.3) is 16.6 Å². The lowest BCUT2D eigenvalue weighted by atomic mass is 10.2. The number of carbonyl (C=O) groups is 1. The smallest absolute Gasteiger partial charge is 0.291 e. The van der Waals surface area contributed by atoms with Gasteiger partial charge in [-0.3, -0.25) is 14.0 Å². The zero-order chi connectivity index (χ0) is 19.0. The van der Waals surface area contributed by atoms with Crippen molar-refractivity contribution in [3.63, 3.8) is 0 Å². The zero-order valence-corrected chi connectivity index (χ0v) is 15.7. The van der Waals surface area contributed by atoms with Gasteiger partial charge in [0, 0.05) is 38.2 Å². The molecule has 27 heavy (non-hydrogen) atoms. The van der Waals surface area contributed by atoms with Crippen LogP contribution in [0.1, 0.15) is 37.3 Å². The number of hydrogen-bond donors (Lipinski definition) is 1. The van der Waals surface area contributed by atoms with E-state index >= 15 is 0 Å². The standard InChI is InChI=1S/C19H24N4O4/c1-12-9-15-17(27-12)10-16-19(25)22(21-13(2)23(15)16)7-3-6-18(24)20-11-14-5-4-8-26-14/h9-10,14H,3-8,11H2,1-2H3,(H,20,24)/t14-/m0/s1. The Balaban J connectivity index is 1.42. The van der Waals surface area contributed by atoms with Gasteiger partial charge < -0.3 is 14.5 Å². The van der Waals surface area contributed by atoms with Gasteiger partial charge in [-0.2, -0.15) is 5.10 Å². The second-order valence-electron chi connectivity index (χ2n) is 7.09. The van der Waals surface area contributed by atoms with Crippen LogP contribution < -0.4 is 10.9 Å². The van der Waals surface area contributed by atoms with E-state index in [1.807, 2.05) is 24.3 Å². The molecule has 0 spiro atoms. The highest BCUT2D eigenvalue weighted by atomic mass is 16.5. The molecule has 1 aliphatic heterocycles. The minimum atomic E-state index is -0.176. The molecule has 0 unspecified atom stereocenters. The summed E-state index contributed by atoms with van der Waals surface area (Å²) in [5.74, 6) is 1.49. The van der Waals surface area contributed by atoms with Gasteiger partial charge >= 0.3 is 0 Å². The first-order valence-corrected chi connectivity index (χ1v) is 9.40. The number of hydrogen-bond acceptors (Lipinski definition) is 5.